The number of carbonyl (C=O) groups excluding carboxylic acids is 3. The van der Waals surface area contributed by atoms with Crippen LogP contribution in [0.1, 0.15) is 400 Å². The molecule has 0 aromatic carbocycles. The summed E-state index contributed by atoms with van der Waals surface area (Å²) in [7, 11) is 0. The van der Waals surface area contributed by atoms with Crippen LogP contribution in [0, 0.1) is 0 Å². The van der Waals surface area contributed by atoms with Crippen LogP contribution in [0.15, 0.2) is 48.6 Å². The zero-order valence-corrected chi connectivity index (χ0v) is 55.3. The summed E-state index contributed by atoms with van der Waals surface area (Å²) in [5.74, 6) is -0.839. The summed E-state index contributed by atoms with van der Waals surface area (Å²) in [6, 6.07) is 0. The summed E-state index contributed by atoms with van der Waals surface area (Å²) in [6.07, 6.45) is 90.1. The van der Waals surface area contributed by atoms with Gasteiger partial charge >= 0.3 is 17.9 Å². The molecule has 0 amide bonds. The van der Waals surface area contributed by atoms with Gasteiger partial charge in [0.2, 0.25) is 0 Å². The van der Waals surface area contributed by atoms with Crippen LogP contribution in [-0.4, -0.2) is 37.2 Å². The summed E-state index contributed by atoms with van der Waals surface area (Å²) in [4.78, 5) is 38.5. The number of rotatable bonds is 68. The number of unbranched alkanes of at least 4 members (excludes halogenated alkanes) is 49. The van der Waals surface area contributed by atoms with Crippen molar-refractivity contribution in [1.29, 1.82) is 0 Å². The fraction of sp³-hybridized carbons (Fsp3) is 0.855. The molecule has 0 bridgehead atoms. The van der Waals surface area contributed by atoms with Gasteiger partial charge in [-0.25, -0.2) is 0 Å². The Morgan fingerprint density at radius 3 is 0.744 bits per heavy atom. The summed E-state index contributed by atoms with van der Waals surface area (Å²) in [5, 5.41) is 0. The zero-order valence-electron chi connectivity index (χ0n) is 55.3. The van der Waals surface area contributed by atoms with E-state index >= 15 is 0 Å². The average Bonchev–Trinajstić information content (AvgIpc) is 3.47. The molecular weight excluding hydrogens is 1010 g/mol. The molecule has 0 spiro atoms. The van der Waals surface area contributed by atoms with Gasteiger partial charge in [0.05, 0.1) is 0 Å². The van der Waals surface area contributed by atoms with E-state index in [4.69, 9.17) is 14.2 Å². The van der Waals surface area contributed by atoms with Gasteiger partial charge in [0.25, 0.3) is 0 Å². The van der Waals surface area contributed by atoms with Gasteiger partial charge in [0.1, 0.15) is 13.2 Å². The lowest BCUT2D eigenvalue weighted by Crippen LogP contribution is -2.30. The molecule has 0 aliphatic rings. The first kappa shape index (κ1) is 79.4. The Morgan fingerprint density at radius 1 is 0.256 bits per heavy atom. The van der Waals surface area contributed by atoms with E-state index in [-0.39, 0.29) is 31.1 Å². The number of hydrogen-bond acceptors (Lipinski definition) is 6. The van der Waals surface area contributed by atoms with Crippen LogP contribution in [0.4, 0.5) is 0 Å². The van der Waals surface area contributed by atoms with Crippen molar-refractivity contribution in [3.05, 3.63) is 48.6 Å². The fourth-order valence-electron chi connectivity index (χ4n) is 11.1. The molecule has 1 unspecified atom stereocenters. The third-order valence-electron chi connectivity index (χ3n) is 16.6. The second kappa shape index (κ2) is 70.9. The minimum Gasteiger partial charge on any atom is -0.462 e. The second-order valence-corrected chi connectivity index (χ2v) is 24.8. The molecule has 0 saturated carbocycles. The van der Waals surface area contributed by atoms with Gasteiger partial charge in [-0.3, -0.25) is 14.4 Å². The highest BCUT2D eigenvalue weighted by molar-refractivity contribution is 5.71. The van der Waals surface area contributed by atoms with E-state index in [0.717, 1.165) is 83.5 Å². The van der Waals surface area contributed by atoms with Gasteiger partial charge in [-0.1, -0.05) is 371 Å². The maximum atomic E-state index is 13.0. The van der Waals surface area contributed by atoms with Crippen LogP contribution in [0.3, 0.4) is 0 Å². The Hall–Kier alpha value is -2.63. The van der Waals surface area contributed by atoms with E-state index in [2.05, 4.69) is 69.4 Å². The Labute approximate surface area is 511 Å². The minimum atomic E-state index is -0.772. The topological polar surface area (TPSA) is 78.9 Å². The lowest BCUT2D eigenvalue weighted by atomic mass is 10.0. The first-order valence-electron chi connectivity index (χ1n) is 36.6. The highest BCUT2D eigenvalue weighted by Crippen LogP contribution is 2.19. The van der Waals surface area contributed by atoms with Crippen LogP contribution in [0.25, 0.3) is 0 Å². The van der Waals surface area contributed by atoms with Crippen LogP contribution in [-0.2, 0) is 28.6 Å². The van der Waals surface area contributed by atoms with E-state index in [1.807, 2.05) is 0 Å². The van der Waals surface area contributed by atoms with Crippen molar-refractivity contribution < 1.29 is 28.6 Å². The predicted octanol–water partition coefficient (Wildman–Crippen LogP) is 25.3. The largest absolute Gasteiger partial charge is 0.462 e. The predicted molar refractivity (Wildman–Crippen MR) is 358 cm³/mol. The molecule has 0 saturated heterocycles. The monoisotopic (exact) mass is 1150 g/mol. The molecule has 0 heterocycles. The van der Waals surface area contributed by atoms with Crippen LogP contribution in [0.2, 0.25) is 0 Å². The SMILES string of the molecule is CC/C=C\C/C=C\C/C=C\C/C=C\CCCCCCCCCCCCCCC(=O)OC(COC(=O)CCCCCCCCCCCCCCC)COC(=O)CCCCCCCCCCCCCCCCCCCCCCCCCCCC. The molecule has 480 valence electrons. The van der Waals surface area contributed by atoms with Crippen LogP contribution >= 0.6 is 0 Å². The molecule has 0 aromatic rings. The average molecular weight is 1150 g/mol. The Kier molecular flexibility index (Phi) is 68.6. The van der Waals surface area contributed by atoms with Gasteiger partial charge in [-0.2, -0.15) is 0 Å². The van der Waals surface area contributed by atoms with Crippen molar-refractivity contribution in [2.45, 2.75) is 406 Å². The van der Waals surface area contributed by atoms with E-state index < -0.39 is 6.10 Å². The van der Waals surface area contributed by atoms with E-state index in [1.54, 1.807) is 0 Å². The molecule has 82 heavy (non-hydrogen) atoms. The van der Waals surface area contributed by atoms with Crippen molar-refractivity contribution in [2.24, 2.45) is 0 Å². The van der Waals surface area contributed by atoms with Gasteiger partial charge in [-0.15, -0.1) is 0 Å². The Morgan fingerprint density at radius 2 is 0.476 bits per heavy atom. The maximum absolute atomic E-state index is 13.0. The number of esters is 3. The third-order valence-corrected chi connectivity index (χ3v) is 16.6. The summed E-state index contributed by atoms with van der Waals surface area (Å²) in [6.45, 7) is 6.60. The van der Waals surface area contributed by atoms with Crippen molar-refractivity contribution in [1.82, 2.24) is 0 Å². The molecule has 6 nitrogen and oxygen atoms in total. The summed E-state index contributed by atoms with van der Waals surface area (Å²) < 4.78 is 17.0. The molecule has 1 atom stereocenters. The molecular formula is C76H140O6. The zero-order chi connectivity index (χ0) is 59.2. The number of ether oxygens (including phenoxy) is 3. The molecule has 0 radical (unpaired) electrons. The fourth-order valence-corrected chi connectivity index (χ4v) is 11.1. The van der Waals surface area contributed by atoms with Crippen molar-refractivity contribution in [3.8, 4) is 0 Å². The Bertz CT molecular complexity index is 1410. The molecule has 0 fully saturated rings. The molecule has 0 aromatic heterocycles. The van der Waals surface area contributed by atoms with Crippen molar-refractivity contribution in [3.63, 3.8) is 0 Å². The lowest BCUT2D eigenvalue weighted by Gasteiger charge is -2.18. The minimum absolute atomic E-state index is 0.0674. The molecule has 0 aliphatic carbocycles. The summed E-state index contributed by atoms with van der Waals surface area (Å²) in [5.41, 5.74) is 0. The van der Waals surface area contributed by atoms with Crippen LogP contribution < -0.4 is 0 Å². The standard InChI is InChI=1S/C76H140O6/c1-4-7-10-13-16-19-22-25-27-29-31-33-35-37-39-40-42-44-46-48-51-54-57-60-63-66-69-75(78)81-72-73(71-80-74(77)68-65-62-59-56-53-50-24-21-18-15-12-9-6-3)82-76(79)70-67-64-61-58-55-52-49-47-45-43-41-38-36-34-32-30-28-26-23-20-17-14-11-8-5-2/h8,11,17,20,26,28,32,34,73H,4-7,9-10,12-16,18-19,21-25,27,29-31,33,35-72H2,1-3H3/b11-8-,20-17-,28-26-,34-32-. The van der Waals surface area contributed by atoms with Gasteiger partial charge in [-0.05, 0) is 57.8 Å². The van der Waals surface area contributed by atoms with Gasteiger partial charge in [0, 0.05) is 19.3 Å². The van der Waals surface area contributed by atoms with Gasteiger partial charge in [0.15, 0.2) is 6.10 Å². The number of carbonyl (C=O) groups is 3. The third kappa shape index (κ3) is 68.2. The van der Waals surface area contributed by atoms with Crippen molar-refractivity contribution in [2.75, 3.05) is 13.2 Å². The normalized spacial score (nSPS) is 12.3. The van der Waals surface area contributed by atoms with Crippen LogP contribution in [0.5, 0.6) is 0 Å². The lowest BCUT2D eigenvalue weighted by molar-refractivity contribution is -0.167. The second-order valence-electron chi connectivity index (χ2n) is 24.8. The van der Waals surface area contributed by atoms with Crippen molar-refractivity contribution >= 4 is 17.9 Å². The molecule has 0 N–H and O–H groups in total. The number of allylic oxidation sites excluding steroid dienone is 8. The molecule has 6 heteroatoms. The first-order valence-corrected chi connectivity index (χ1v) is 36.6. The van der Waals surface area contributed by atoms with E-state index in [9.17, 15) is 14.4 Å². The van der Waals surface area contributed by atoms with E-state index in [0.29, 0.717) is 19.3 Å². The number of hydrogen-bond donors (Lipinski definition) is 0. The highest BCUT2D eigenvalue weighted by Gasteiger charge is 2.19. The molecule has 0 rings (SSSR count). The molecule has 0 aliphatic heterocycles. The summed E-state index contributed by atoms with van der Waals surface area (Å²) >= 11 is 0. The highest BCUT2D eigenvalue weighted by atomic mass is 16.6. The Balaban J connectivity index is 4.21. The first-order chi connectivity index (χ1) is 40.5. The smallest absolute Gasteiger partial charge is 0.306 e. The maximum Gasteiger partial charge on any atom is 0.306 e. The van der Waals surface area contributed by atoms with Gasteiger partial charge < -0.3 is 14.2 Å². The quantitative estimate of drug-likeness (QED) is 0.0261. The van der Waals surface area contributed by atoms with E-state index in [1.165, 1.54) is 276 Å².